The third-order valence-electron chi connectivity index (χ3n) is 4.36. The number of fused-ring (bicyclic) bond motifs is 3. The van der Waals surface area contributed by atoms with Gasteiger partial charge < -0.3 is 10.1 Å². The van der Waals surface area contributed by atoms with Crippen molar-refractivity contribution in [3.05, 3.63) is 72.4 Å². The number of alkyl halides is 1. The summed E-state index contributed by atoms with van der Waals surface area (Å²) in [6, 6.07) is 20.4. The second kappa shape index (κ2) is 6.61. The molecule has 3 nitrogen and oxygen atoms in total. The van der Waals surface area contributed by atoms with Gasteiger partial charge in [-0.1, -0.05) is 36.4 Å². The van der Waals surface area contributed by atoms with Gasteiger partial charge in [-0.25, -0.2) is 0 Å². The number of pyridine rings is 1. The Balaban J connectivity index is 1.84. The number of methoxy groups -OCH3 is 1. The lowest BCUT2D eigenvalue weighted by molar-refractivity contribution is 0.414. The highest BCUT2D eigenvalue weighted by Crippen LogP contribution is 2.32. The Bertz CT molecular complexity index is 1060. The summed E-state index contributed by atoms with van der Waals surface area (Å²) in [4.78, 5) is 4.60. The van der Waals surface area contributed by atoms with E-state index >= 15 is 0 Å². The van der Waals surface area contributed by atoms with Crippen molar-refractivity contribution in [3.63, 3.8) is 0 Å². The van der Waals surface area contributed by atoms with E-state index in [1.54, 1.807) is 7.11 Å². The van der Waals surface area contributed by atoms with E-state index in [9.17, 15) is 0 Å². The van der Waals surface area contributed by atoms with Gasteiger partial charge in [0.2, 0.25) is 0 Å². The smallest absolute Gasteiger partial charge is 0.119 e. The lowest BCUT2D eigenvalue weighted by atomic mass is 10.0. The number of rotatable bonds is 4. The number of benzene rings is 3. The quantitative estimate of drug-likeness (QED) is 0.369. The molecule has 4 heteroatoms. The molecule has 0 fully saturated rings. The van der Waals surface area contributed by atoms with E-state index in [2.05, 4.69) is 34.6 Å². The summed E-state index contributed by atoms with van der Waals surface area (Å²) in [5.41, 5.74) is 3.96. The number of nitrogens with zero attached hydrogens (tertiary/aromatic N) is 1. The molecule has 124 valence electrons. The van der Waals surface area contributed by atoms with Crippen molar-refractivity contribution in [1.82, 2.24) is 4.98 Å². The van der Waals surface area contributed by atoms with Crippen LogP contribution in [-0.4, -0.2) is 12.1 Å². The first-order valence-corrected chi connectivity index (χ1v) is 8.60. The highest BCUT2D eigenvalue weighted by molar-refractivity contribution is 6.17. The Morgan fingerprint density at radius 1 is 0.960 bits per heavy atom. The molecule has 25 heavy (non-hydrogen) atoms. The van der Waals surface area contributed by atoms with Crippen molar-refractivity contribution in [2.75, 3.05) is 12.4 Å². The largest absolute Gasteiger partial charge is 0.497 e. The van der Waals surface area contributed by atoms with E-state index in [0.717, 1.165) is 39.0 Å². The van der Waals surface area contributed by atoms with Gasteiger partial charge in [0, 0.05) is 34.2 Å². The summed E-state index contributed by atoms with van der Waals surface area (Å²) in [6.07, 6.45) is 1.83. The predicted octanol–water partition coefficient (Wildman–Crippen LogP) is 5.88. The zero-order chi connectivity index (χ0) is 17.2. The molecule has 0 aliphatic rings. The molecule has 1 N–H and O–H groups in total. The van der Waals surface area contributed by atoms with Gasteiger partial charge in [-0.3, -0.25) is 4.98 Å². The molecule has 0 amide bonds. The molecule has 0 aliphatic heterocycles. The van der Waals surface area contributed by atoms with E-state index < -0.39 is 0 Å². The summed E-state index contributed by atoms with van der Waals surface area (Å²) in [5, 5.41) is 6.92. The number of ether oxygens (including phenoxy) is 1. The first-order chi connectivity index (χ1) is 12.3. The first-order valence-electron chi connectivity index (χ1n) is 8.06. The first kappa shape index (κ1) is 15.7. The molecule has 0 saturated carbocycles. The van der Waals surface area contributed by atoms with E-state index in [4.69, 9.17) is 16.3 Å². The van der Waals surface area contributed by atoms with Crippen LogP contribution in [0.3, 0.4) is 0 Å². The molecule has 0 unspecified atom stereocenters. The molecule has 4 rings (SSSR count). The van der Waals surface area contributed by atoms with Gasteiger partial charge in [0.15, 0.2) is 0 Å². The Labute approximate surface area is 151 Å². The highest BCUT2D eigenvalue weighted by Gasteiger charge is 2.09. The molecule has 1 heterocycles. The van der Waals surface area contributed by atoms with E-state index in [1.165, 1.54) is 5.39 Å². The van der Waals surface area contributed by atoms with Crippen LogP contribution in [0.25, 0.3) is 21.7 Å². The maximum atomic E-state index is 6.12. The van der Waals surface area contributed by atoms with Crippen molar-refractivity contribution in [3.8, 4) is 5.75 Å². The summed E-state index contributed by atoms with van der Waals surface area (Å²) in [7, 11) is 1.65. The van der Waals surface area contributed by atoms with Crippen molar-refractivity contribution >= 4 is 44.7 Å². The monoisotopic (exact) mass is 348 g/mol. The van der Waals surface area contributed by atoms with Crippen LogP contribution < -0.4 is 10.1 Å². The lowest BCUT2D eigenvalue weighted by Crippen LogP contribution is -1.97. The highest BCUT2D eigenvalue weighted by atomic mass is 35.5. The third kappa shape index (κ3) is 2.87. The normalized spacial score (nSPS) is 11.0. The van der Waals surface area contributed by atoms with Crippen LogP contribution in [0, 0.1) is 0 Å². The average Bonchev–Trinajstić information content (AvgIpc) is 2.68. The Morgan fingerprint density at radius 2 is 1.84 bits per heavy atom. The maximum Gasteiger partial charge on any atom is 0.119 e. The minimum absolute atomic E-state index is 0.408. The average molecular weight is 349 g/mol. The Hall–Kier alpha value is -2.78. The molecule has 0 bridgehead atoms. The van der Waals surface area contributed by atoms with E-state index in [-0.39, 0.29) is 0 Å². The van der Waals surface area contributed by atoms with Gasteiger partial charge in [-0.05, 0) is 35.2 Å². The number of hydrogen-bond donors (Lipinski definition) is 1. The topological polar surface area (TPSA) is 34.1 Å². The van der Waals surface area contributed by atoms with Crippen molar-refractivity contribution in [1.29, 1.82) is 0 Å². The van der Waals surface area contributed by atoms with E-state index in [0.29, 0.717) is 5.88 Å². The van der Waals surface area contributed by atoms with Gasteiger partial charge in [0.25, 0.3) is 0 Å². The number of halogens is 1. The molecule has 4 aromatic rings. The van der Waals surface area contributed by atoms with Crippen molar-refractivity contribution < 1.29 is 4.74 Å². The number of anilines is 2. The fraction of sp³-hybridized carbons (Fsp3) is 0.0952. The van der Waals surface area contributed by atoms with Crippen LogP contribution >= 0.6 is 11.6 Å². The molecule has 3 aromatic carbocycles. The molecular weight excluding hydrogens is 332 g/mol. The van der Waals surface area contributed by atoms with Gasteiger partial charge in [-0.2, -0.15) is 0 Å². The maximum absolute atomic E-state index is 6.12. The van der Waals surface area contributed by atoms with Gasteiger partial charge in [-0.15, -0.1) is 11.6 Å². The van der Waals surface area contributed by atoms with Crippen LogP contribution in [0.2, 0.25) is 0 Å². The molecular formula is C21H17ClN2O. The lowest BCUT2D eigenvalue weighted by Gasteiger charge is -2.14. The predicted molar refractivity (Wildman–Crippen MR) is 105 cm³/mol. The van der Waals surface area contributed by atoms with Gasteiger partial charge >= 0.3 is 0 Å². The van der Waals surface area contributed by atoms with Crippen LogP contribution in [0.4, 0.5) is 11.4 Å². The SMILES string of the molecule is COc1ccc(Nc2ccnc3c2ccc2ccccc23)c(CCl)c1. The summed E-state index contributed by atoms with van der Waals surface area (Å²) in [5.74, 6) is 1.21. The van der Waals surface area contributed by atoms with Gasteiger partial charge in [0.05, 0.1) is 12.6 Å². The number of hydrogen-bond acceptors (Lipinski definition) is 3. The van der Waals surface area contributed by atoms with Gasteiger partial charge in [0.1, 0.15) is 5.75 Å². The minimum atomic E-state index is 0.408. The Morgan fingerprint density at radius 3 is 2.68 bits per heavy atom. The number of aromatic nitrogens is 1. The second-order valence-corrected chi connectivity index (χ2v) is 6.09. The molecule has 0 saturated heterocycles. The zero-order valence-electron chi connectivity index (χ0n) is 13.8. The fourth-order valence-corrected chi connectivity index (χ4v) is 3.29. The third-order valence-corrected chi connectivity index (χ3v) is 4.65. The van der Waals surface area contributed by atoms with Crippen molar-refractivity contribution in [2.45, 2.75) is 5.88 Å². The zero-order valence-corrected chi connectivity index (χ0v) is 14.5. The van der Waals surface area contributed by atoms with Crippen molar-refractivity contribution in [2.24, 2.45) is 0 Å². The molecule has 0 aliphatic carbocycles. The van der Waals surface area contributed by atoms with Crippen LogP contribution in [-0.2, 0) is 5.88 Å². The van der Waals surface area contributed by atoms with Crippen LogP contribution in [0.1, 0.15) is 5.56 Å². The molecule has 0 radical (unpaired) electrons. The van der Waals surface area contributed by atoms with E-state index in [1.807, 2.05) is 42.6 Å². The number of nitrogens with one attached hydrogen (secondary N) is 1. The van der Waals surface area contributed by atoms with Crippen LogP contribution in [0.5, 0.6) is 5.75 Å². The summed E-state index contributed by atoms with van der Waals surface area (Å²) >= 11 is 6.12. The van der Waals surface area contributed by atoms with Crippen LogP contribution in [0.15, 0.2) is 66.9 Å². The minimum Gasteiger partial charge on any atom is -0.497 e. The fourth-order valence-electron chi connectivity index (χ4n) is 3.07. The Kier molecular flexibility index (Phi) is 4.16. The molecule has 1 aromatic heterocycles. The summed E-state index contributed by atoms with van der Waals surface area (Å²) < 4.78 is 5.28. The standard InChI is InChI=1S/C21H17ClN2O/c1-25-16-7-9-19(15(12-16)13-22)24-20-10-11-23-21-17-5-3-2-4-14(17)6-8-18(20)21/h2-12H,13H2,1H3,(H,23,24). The second-order valence-electron chi connectivity index (χ2n) is 5.82. The molecule has 0 spiro atoms. The molecule has 0 atom stereocenters. The summed E-state index contributed by atoms with van der Waals surface area (Å²) in [6.45, 7) is 0.